The predicted octanol–water partition coefficient (Wildman–Crippen LogP) is 2.88. The van der Waals surface area contributed by atoms with Gasteiger partial charge in [-0.05, 0) is 32.6 Å². The largest absolute Gasteiger partial charge is 0.357 e. The van der Waals surface area contributed by atoms with Gasteiger partial charge < -0.3 is 10.6 Å². The number of guanidine groups is 1. The van der Waals surface area contributed by atoms with E-state index in [1.54, 1.807) is 11.3 Å². The fourth-order valence-corrected chi connectivity index (χ4v) is 5.30. The Hall–Kier alpha value is -0.950. The van der Waals surface area contributed by atoms with Crippen molar-refractivity contribution in [2.75, 3.05) is 18.8 Å². The van der Waals surface area contributed by atoms with Crippen molar-refractivity contribution in [1.29, 1.82) is 0 Å². The van der Waals surface area contributed by atoms with Crippen LogP contribution < -0.4 is 10.6 Å². The van der Waals surface area contributed by atoms with Crippen LogP contribution in [-0.4, -0.2) is 45.3 Å². The molecule has 1 aromatic heterocycles. The van der Waals surface area contributed by atoms with Crippen molar-refractivity contribution in [3.05, 3.63) is 16.1 Å². The second-order valence-electron chi connectivity index (χ2n) is 6.40. The zero-order valence-corrected chi connectivity index (χ0v) is 17.3. The molecule has 1 fully saturated rings. The molecule has 2 rings (SSSR count). The van der Waals surface area contributed by atoms with Crippen LogP contribution in [0.15, 0.2) is 10.4 Å². The normalized spacial score (nSPS) is 22.6. The molecule has 1 saturated carbocycles. The lowest BCUT2D eigenvalue weighted by Gasteiger charge is -2.30. The van der Waals surface area contributed by atoms with Crippen molar-refractivity contribution in [2.24, 2.45) is 4.99 Å². The zero-order chi connectivity index (χ0) is 18.1. The van der Waals surface area contributed by atoms with Crippen molar-refractivity contribution in [3.63, 3.8) is 0 Å². The van der Waals surface area contributed by atoms with E-state index in [4.69, 9.17) is 4.99 Å². The van der Waals surface area contributed by atoms with Crippen molar-refractivity contribution in [2.45, 2.75) is 70.6 Å². The summed E-state index contributed by atoms with van der Waals surface area (Å²) in [6.45, 7) is 7.82. The van der Waals surface area contributed by atoms with Crippen LogP contribution in [0.3, 0.4) is 0 Å². The lowest BCUT2D eigenvalue weighted by atomic mass is 9.95. The van der Waals surface area contributed by atoms with Gasteiger partial charge in [-0.15, -0.1) is 11.3 Å². The maximum absolute atomic E-state index is 12.1. The Balaban J connectivity index is 1.87. The smallest absolute Gasteiger partial charge is 0.191 e. The molecule has 0 spiro atoms. The SMILES string of the molecule is CCNC(=NCCc1csc(CC)n1)NC1CCCC(S(=O)CC)C1. The average Bonchev–Trinajstić information content (AvgIpc) is 3.09. The molecule has 142 valence electrons. The lowest BCUT2D eigenvalue weighted by molar-refractivity contribution is 0.413. The van der Waals surface area contributed by atoms with Crippen LogP contribution in [0, 0.1) is 0 Å². The minimum absolute atomic E-state index is 0.335. The van der Waals surface area contributed by atoms with Crippen LogP contribution in [0.1, 0.15) is 57.2 Å². The van der Waals surface area contributed by atoms with E-state index in [-0.39, 0.29) is 0 Å². The maximum Gasteiger partial charge on any atom is 0.191 e. The first kappa shape index (κ1) is 20.4. The molecule has 0 aromatic carbocycles. The Morgan fingerprint density at radius 3 is 2.92 bits per heavy atom. The second kappa shape index (κ2) is 10.9. The van der Waals surface area contributed by atoms with Crippen molar-refractivity contribution in [1.82, 2.24) is 15.6 Å². The van der Waals surface area contributed by atoms with Crippen molar-refractivity contribution >= 4 is 28.1 Å². The van der Waals surface area contributed by atoms with E-state index in [9.17, 15) is 4.21 Å². The van der Waals surface area contributed by atoms with Gasteiger partial charge in [0.05, 0.1) is 10.7 Å². The van der Waals surface area contributed by atoms with Crippen LogP contribution in [0.2, 0.25) is 0 Å². The Morgan fingerprint density at radius 1 is 1.40 bits per heavy atom. The van der Waals surface area contributed by atoms with Gasteiger partial charge in [-0.2, -0.15) is 0 Å². The third-order valence-corrected chi connectivity index (χ3v) is 7.29. The van der Waals surface area contributed by atoms with E-state index in [0.29, 0.717) is 11.3 Å². The summed E-state index contributed by atoms with van der Waals surface area (Å²) in [4.78, 5) is 9.31. The molecule has 2 N–H and O–H groups in total. The molecule has 7 heteroatoms. The molecule has 5 nitrogen and oxygen atoms in total. The second-order valence-corrected chi connectivity index (χ2v) is 9.34. The number of rotatable bonds is 8. The van der Waals surface area contributed by atoms with E-state index in [1.807, 2.05) is 6.92 Å². The number of hydrogen-bond acceptors (Lipinski definition) is 4. The molecular weight excluding hydrogens is 352 g/mol. The predicted molar refractivity (Wildman–Crippen MR) is 109 cm³/mol. The summed E-state index contributed by atoms with van der Waals surface area (Å²) in [6, 6.07) is 0.373. The molecule has 0 amide bonds. The summed E-state index contributed by atoms with van der Waals surface area (Å²) in [7, 11) is -0.689. The van der Waals surface area contributed by atoms with Gasteiger partial charge in [0.1, 0.15) is 0 Å². The first-order chi connectivity index (χ1) is 12.2. The lowest BCUT2D eigenvalue weighted by Crippen LogP contribution is -2.46. The number of nitrogens with zero attached hydrogens (tertiary/aromatic N) is 2. The van der Waals surface area contributed by atoms with Gasteiger partial charge >= 0.3 is 0 Å². The summed E-state index contributed by atoms with van der Waals surface area (Å²) in [5.74, 6) is 1.64. The molecule has 1 heterocycles. The highest BCUT2D eigenvalue weighted by molar-refractivity contribution is 7.85. The first-order valence-corrected chi connectivity index (χ1v) is 11.8. The molecule has 0 aliphatic heterocycles. The molecule has 0 bridgehead atoms. The van der Waals surface area contributed by atoms with E-state index in [2.05, 4.69) is 34.8 Å². The summed E-state index contributed by atoms with van der Waals surface area (Å²) >= 11 is 1.73. The quantitative estimate of drug-likeness (QED) is 0.534. The van der Waals surface area contributed by atoms with E-state index >= 15 is 0 Å². The summed E-state index contributed by atoms with van der Waals surface area (Å²) in [6.07, 6.45) is 6.23. The fraction of sp³-hybridized carbons (Fsp3) is 0.778. The van der Waals surface area contributed by atoms with Crippen LogP contribution in [-0.2, 0) is 23.6 Å². The Kier molecular flexibility index (Phi) is 8.89. The van der Waals surface area contributed by atoms with E-state index in [0.717, 1.165) is 69.0 Å². The monoisotopic (exact) mass is 384 g/mol. The minimum atomic E-state index is -0.689. The highest BCUT2D eigenvalue weighted by atomic mass is 32.2. The number of thiazole rings is 1. The van der Waals surface area contributed by atoms with Gasteiger partial charge in [-0.25, -0.2) is 4.98 Å². The van der Waals surface area contributed by atoms with E-state index in [1.165, 1.54) is 5.01 Å². The highest BCUT2D eigenvalue weighted by Gasteiger charge is 2.25. The van der Waals surface area contributed by atoms with E-state index < -0.39 is 10.8 Å². The molecule has 3 atom stereocenters. The van der Waals surface area contributed by atoms with Gasteiger partial charge in [0.25, 0.3) is 0 Å². The Bertz CT molecular complexity index is 573. The topological polar surface area (TPSA) is 66.4 Å². The third-order valence-electron chi connectivity index (χ3n) is 4.51. The van der Waals surface area contributed by atoms with Gasteiger partial charge in [0.15, 0.2) is 5.96 Å². The first-order valence-electron chi connectivity index (χ1n) is 9.51. The standard InChI is InChI=1S/C18H32N4OS2/c1-4-17-21-15(13-24-17)10-11-20-18(19-5-2)22-14-8-7-9-16(12-14)25(23)6-3/h13-14,16H,4-12H2,1-3H3,(H2,19,20,22). The maximum atomic E-state index is 12.1. The van der Waals surface area contributed by atoms with Gasteiger partial charge in [0, 0.05) is 52.7 Å². The summed E-state index contributed by atoms with van der Waals surface area (Å²) < 4.78 is 12.1. The third kappa shape index (κ3) is 6.70. The molecule has 0 radical (unpaired) electrons. The number of aryl methyl sites for hydroxylation is 1. The van der Waals surface area contributed by atoms with Crippen LogP contribution in [0.5, 0.6) is 0 Å². The van der Waals surface area contributed by atoms with Crippen LogP contribution >= 0.6 is 11.3 Å². The fourth-order valence-electron chi connectivity index (χ4n) is 3.17. The van der Waals surface area contributed by atoms with Crippen LogP contribution in [0.4, 0.5) is 0 Å². The van der Waals surface area contributed by atoms with Crippen molar-refractivity contribution < 1.29 is 4.21 Å². The molecular formula is C18H32N4OS2. The number of hydrogen-bond donors (Lipinski definition) is 2. The number of nitrogens with one attached hydrogen (secondary N) is 2. The Morgan fingerprint density at radius 2 is 2.24 bits per heavy atom. The summed E-state index contributed by atoms with van der Waals surface area (Å²) in [5.41, 5.74) is 1.14. The van der Waals surface area contributed by atoms with Crippen LogP contribution in [0.25, 0.3) is 0 Å². The number of aromatic nitrogens is 1. The zero-order valence-electron chi connectivity index (χ0n) is 15.7. The van der Waals surface area contributed by atoms with Crippen molar-refractivity contribution in [3.8, 4) is 0 Å². The Labute approximate surface area is 158 Å². The summed E-state index contributed by atoms with van der Waals surface area (Å²) in [5, 5.41) is 10.6. The van der Waals surface area contributed by atoms with Gasteiger partial charge in [-0.1, -0.05) is 20.3 Å². The van der Waals surface area contributed by atoms with Gasteiger partial charge in [0.2, 0.25) is 0 Å². The molecule has 0 saturated heterocycles. The minimum Gasteiger partial charge on any atom is -0.357 e. The number of aliphatic imine (C=N–C) groups is 1. The molecule has 25 heavy (non-hydrogen) atoms. The molecule has 1 aliphatic rings. The van der Waals surface area contributed by atoms with Gasteiger partial charge in [-0.3, -0.25) is 9.20 Å². The molecule has 1 aromatic rings. The molecule has 3 unspecified atom stereocenters. The molecule has 1 aliphatic carbocycles. The average molecular weight is 385 g/mol. The highest BCUT2D eigenvalue weighted by Crippen LogP contribution is 2.23.